The molecule has 0 radical (unpaired) electrons. The molecule has 0 aliphatic heterocycles. The predicted molar refractivity (Wildman–Crippen MR) is 76.7 cm³/mol. The molecule has 4 nitrogen and oxygen atoms in total. The topological polar surface area (TPSA) is 61.7 Å². The van der Waals surface area contributed by atoms with Crippen molar-refractivity contribution in [3.05, 3.63) is 29.3 Å². The van der Waals surface area contributed by atoms with Crippen molar-refractivity contribution >= 4 is 11.6 Å². The first-order valence-electron chi connectivity index (χ1n) is 6.53. The van der Waals surface area contributed by atoms with Crippen LogP contribution >= 0.6 is 11.6 Å². The second-order valence-corrected chi connectivity index (χ2v) is 5.05. The normalized spacial score (nSPS) is 14.1. The van der Waals surface area contributed by atoms with Crippen LogP contribution in [-0.2, 0) is 0 Å². The molecule has 0 spiro atoms. The van der Waals surface area contributed by atoms with Crippen molar-refractivity contribution < 1.29 is 14.9 Å². The fourth-order valence-electron chi connectivity index (χ4n) is 1.57. The molecule has 0 heterocycles. The molecule has 0 fully saturated rings. The highest BCUT2D eigenvalue weighted by atomic mass is 35.5. The number of halogens is 1. The quantitative estimate of drug-likeness (QED) is 0.607. The number of nitrogens with one attached hydrogen (secondary N) is 1. The Morgan fingerprint density at radius 2 is 1.95 bits per heavy atom. The number of aliphatic hydroxyl groups is 2. The average molecular weight is 288 g/mol. The van der Waals surface area contributed by atoms with Gasteiger partial charge in [0.05, 0.1) is 6.10 Å². The SMILES string of the molecule is CC(O)CCCNCC(O)COc1ccc(Cl)cc1. The molecule has 0 aliphatic rings. The lowest BCUT2D eigenvalue weighted by molar-refractivity contribution is 0.106. The molecular formula is C14H22ClNO3. The molecule has 1 aromatic carbocycles. The standard InChI is InChI=1S/C14H22ClNO3/c1-11(17)3-2-8-16-9-13(18)10-19-14-6-4-12(15)5-7-14/h4-7,11,13,16-18H,2-3,8-10H2,1H3. The Hall–Kier alpha value is -0.810. The monoisotopic (exact) mass is 287 g/mol. The molecule has 19 heavy (non-hydrogen) atoms. The van der Waals surface area contributed by atoms with Gasteiger partial charge in [0.2, 0.25) is 0 Å². The van der Waals surface area contributed by atoms with Crippen molar-refractivity contribution in [2.45, 2.75) is 32.0 Å². The van der Waals surface area contributed by atoms with E-state index in [4.69, 9.17) is 21.4 Å². The average Bonchev–Trinajstić information content (AvgIpc) is 2.37. The molecule has 0 aliphatic carbocycles. The maximum absolute atomic E-state index is 9.71. The fraction of sp³-hybridized carbons (Fsp3) is 0.571. The highest BCUT2D eigenvalue weighted by molar-refractivity contribution is 6.30. The van der Waals surface area contributed by atoms with Gasteiger partial charge in [-0.25, -0.2) is 0 Å². The summed E-state index contributed by atoms with van der Waals surface area (Å²) in [4.78, 5) is 0. The van der Waals surface area contributed by atoms with Crippen LogP contribution in [0.5, 0.6) is 5.75 Å². The Labute approximate surface area is 119 Å². The molecule has 2 atom stereocenters. The zero-order valence-corrected chi connectivity index (χ0v) is 11.9. The van der Waals surface area contributed by atoms with Gasteiger partial charge in [-0.2, -0.15) is 0 Å². The molecule has 108 valence electrons. The van der Waals surface area contributed by atoms with Crippen LogP contribution in [0.25, 0.3) is 0 Å². The van der Waals surface area contributed by atoms with Gasteiger partial charge in [-0.3, -0.25) is 0 Å². The van der Waals surface area contributed by atoms with Crippen LogP contribution in [-0.4, -0.2) is 42.1 Å². The van der Waals surface area contributed by atoms with E-state index in [9.17, 15) is 5.11 Å². The molecule has 3 N–H and O–H groups in total. The third-order valence-electron chi connectivity index (χ3n) is 2.61. The summed E-state index contributed by atoms with van der Waals surface area (Å²) >= 11 is 5.76. The molecule has 0 saturated heterocycles. The Morgan fingerprint density at radius 1 is 1.26 bits per heavy atom. The summed E-state index contributed by atoms with van der Waals surface area (Å²) < 4.78 is 5.43. The zero-order valence-electron chi connectivity index (χ0n) is 11.2. The van der Waals surface area contributed by atoms with E-state index < -0.39 is 6.10 Å². The van der Waals surface area contributed by atoms with E-state index in [1.165, 1.54) is 0 Å². The summed E-state index contributed by atoms with van der Waals surface area (Å²) in [5, 5.41) is 22.6. The van der Waals surface area contributed by atoms with E-state index >= 15 is 0 Å². The highest BCUT2D eigenvalue weighted by Crippen LogP contribution is 2.15. The van der Waals surface area contributed by atoms with Crippen LogP contribution in [0.3, 0.4) is 0 Å². The molecule has 1 aromatic rings. The third-order valence-corrected chi connectivity index (χ3v) is 2.86. The molecule has 0 saturated carbocycles. The van der Waals surface area contributed by atoms with Crippen LogP contribution < -0.4 is 10.1 Å². The molecule has 0 amide bonds. The van der Waals surface area contributed by atoms with Crippen LogP contribution in [0.2, 0.25) is 5.02 Å². The lowest BCUT2D eigenvalue weighted by atomic mass is 10.2. The van der Waals surface area contributed by atoms with Crippen LogP contribution in [0.15, 0.2) is 24.3 Å². The summed E-state index contributed by atoms with van der Waals surface area (Å²) in [7, 11) is 0. The summed E-state index contributed by atoms with van der Waals surface area (Å²) in [5.41, 5.74) is 0. The van der Waals surface area contributed by atoms with Gasteiger partial charge in [0.25, 0.3) is 0 Å². The second-order valence-electron chi connectivity index (χ2n) is 4.61. The molecule has 0 aromatic heterocycles. The van der Waals surface area contributed by atoms with Crippen LogP contribution in [0, 0.1) is 0 Å². The van der Waals surface area contributed by atoms with Gasteiger partial charge in [0.1, 0.15) is 18.5 Å². The van der Waals surface area contributed by atoms with Crippen molar-refractivity contribution in [1.82, 2.24) is 5.32 Å². The number of rotatable bonds is 9. The summed E-state index contributed by atoms with van der Waals surface area (Å²) in [6.07, 6.45) is 0.842. The minimum Gasteiger partial charge on any atom is -0.491 e. The van der Waals surface area contributed by atoms with E-state index in [0.29, 0.717) is 17.3 Å². The Morgan fingerprint density at radius 3 is 2.58 bits per heavy atom. The first kappa shape index (κ1) is 16.2. The lowest BCUT2D eigenvalue weighted by Gasteiger charge is -2.13. The molecule has 2 unspecified atom stereocenters. The van der Waals surface area contributed by atoms with Crippen molar-refractivity contribution in [2.24, 2.45) is 0 Å². The second kappa shape index (κ2) is 9.15. The van der Waals surface area contributed by atoms with Crippen LogP contribution in [0.1, 0.15) is 19.8 Å². The molecule has 1 rings (SSSR count). The van der Waals surface area contributed by atoms with Gasteiger partial charge < -0.3 is 20.3 Å². The van der Waals surface area contributed by atoms with Gasteiger partial charge >= 0.3 is 0 Å². The third kappa shape index (κ3) is 8.06. The minimum absolute atomic E-state index is 0.241. The van der Waals surface area contributed by atoms with Gasteiger partial charge in [-0.15, -0.1) is 0 Å². The first-order valence-corrected chi connectivity index (χ1v) is 6.91. The lowest BCUT2D eigenvalue weighted by Crippen LogP contribution is -2.32. The first-order chi connectivity index (χ1) is 9.08. The Bertz CT molecular complexity index is 343. The maximum Gasteiger partial charge on any atom is 0.119 e. The van der Waals surface area contributed by atoms with Gasteiger partial charge in [-0.05, 0) is 50.6 Å². The van der Waals surface area contributed by atoms with Gasteiger partial charge in [0, 0.05) is 11.6 Å². The molecular weight excluding hydrogens is 266 g/mol. The maximum atomic E-state index is 9.71. The summed E-state index contributed by atoms with van der Waals surface area (Å²) in [5.74, 6) is 0.692. The van der Waals surface area contributed by atoms with E-state index in [0.717, 1.165) is 19.4 Å². The minimum atomic E-state index is -0.553. The zero-order chi connectivity index (χ0) is 14.1. The summed E-state index contributed by atoms with van der Waals surface area (Å²) in [6, 6.07) is 7.03. The van der Waals surface area contributed by atoms with E-state index in [2.05, 4.69) is 5.32 Å². The smallest absolute Gasteiger partial charge is 0.119 e. The largest absolute Gasteiger partial charge is 0.491 e. The summed E-state index contributed by atoms with van der Waals surface area (Å²) in [6.45, 7) is 3.27. The predicted octanol–water partition coefficient (Wildman–Crippen LogP) is 1.83. The number of ether oxygens (including phenoxy) is 1. The number of hydrogen-bond acceptors (Lipinski definition) is 4. The molecule has 5 heteroatoms. The molecule has 0 bridgehead atoms. The van der Waals surface area contributed by atoms with Crippen molar-refractivity contribution in [3.63, 3.8) is 0 Å². The number of hydrogen-bond donors (Lipinski definition) is 3. The number of aliphatic hydroxyl groups excluding tert-OH is 2. The van der Waals surface area contributed by atoms with E-state index in [1.807, 2.05) is 0 Å². The van der Waals surface area contributed by atoms with E-state index in [-0.39, 0.29) is 12.7 Å². The van der Waals surface area contributed by atoms with Crippen LogP contribution in [0.4, 0.5) is 0 Å². The van der Waals surface area contributed by atoms with Crippen molar-refractivity contribution in [1.29, 1.82) is 0 Å². The Kier molecular flexibility index (Phi) is 7.82. The Balaban J connectivity index is 2.07. The fourth-order valence-corrected chi connectivity index (χ4v) is 1.70. The van der Waals surface area contributed by atoms with E-state index in [1.54, 1.807) is 31.2 Å². The highest BCUT2D eigenvalue weighted by Gasteiger charge is 2.05. The van der Waals surface area contributed by atoms with Gasteiger partial charge in [0.15, 0.2) is 0 Å². The van der Waals surface area contributed by atoms with Crippen molar-refractivity contribution in [2.75, 3.05) is 19.7 Å². The number of benzene rings is 1. The van der Waals surface area contributed by atoms with Crippen molar-refractivity contribution in [3.8, 4) is 5.75 Å². The van der Waals surface area contributed by atoms with Gasteiger partial charge in [-0.1, -0.05) is 11.6 Å².